The first-order valence-corrected chi connectivity index (χ1v) is 8.10. The quantitative estimate of drug-likeness (QED) is 0.533. The average molecular weight is 399 g/mol. The molecule has 0 fully saturated rings. The van der Waals surface area contributed by atoms with Gasteiger partial charge in [0.25, 0.3) is 6.43 Å². The van der Waals surface area contributed by atoms with Gasteiger partial charge < -0.3 is 0 Å². The topological polar surface area (TPSA) is 51.5 Å². The minimum absolute atomic E-state index is 0.103. The molecule has 3 aromatic rings. The van der Waals surface area contributed by atoms with Gasteiger partial charge in [0.05, 0.1) is 5.02 Å². The predicted molar refractivity (Wildman–Crippen MR) is 90.9 cm³/mol. The first kappa shape index (κ1) is 19.1. The number of rotatable bonds is 4. The largest absolute Gasteiger partial charge is 0.351 e. The molecule has 27 heavy (non-hydrogen) atoms. The van der Waals surface area contributed by atoms with Crippen molar-refractivity contribution >= 4 is 23.2 Å². The number of hydrogen-bond acceptors (Lipinski definition) is 2. The van der Waals surface area contributed by atoms with Gasteiger partial charge in [0, 0.05) is 24.9 Å². The molecule has 2 N–H and O–H groups in total. The maximum absolute atomic E-state index is 13.8. The van der Waals surface area contributed by atoms with Gasteiger partial charge >= 0.3 is 5.91 Å². The summed E-state index contributed by atoms with van der Waals surface area (Å²) in [4.78, 5) is 12.5. The summed E-state index contributed by atoms with van der Waals surface area (Å²) in [6.45, 7) is 0. The Labute approximate surface area is 156 Å². The smallest absolute Gasteiger partial charge is 0.274 e. The number of carbonyl (C=O) groups is 1. The van der Waals surface area contributed by atoms with Crippen LogP contribution in [0.1, 0.15) is 22.5 Å². The van der Waals surface area contributed by atoms with Crippen LogP contribution in [0.15, 0.2) is 42.6 Å². The maximum atomic E-state index is 13.8. The summed E-state index contributed by atoms with van der Waals surface area (Å²) in [5, 5.41) is 4.57. The molecule has 1 heterocycles. The number of aromatic nitrogens is 2. The Bertz CT molecular complexity index is 1020. The lowest BCUT2D eigenvalue weighted by atomic mass is 10.0. The molecule has 2 aromatic carbocycles. The number of aryl methyl sites for hydroxylation is 1. The zero-order chi connectivity index (χ0) is 19.7. The van der Waals surface area contributed by atoms with E-state index in [0.29, 0.717) is 0 Å². The fourth-order valence-corrected chi connectivity index (χ4v) is 2.76. The summed E-state index contributed by atoms with van der Waals surface area (Å²) >= 11 is 5.66. The van der Waals surface area contributed by atoms with Crippen LogP contribution in [0.5, 0.6) is 0 Å². The number of alkyl halides is 2. The molecule has 9 heteroatoms. The van der Waals surface area contributed by atoms with Gasteiger partial charge in [-0.1, -0.05) is 17.7 Å². The number of amides is 1. The molecule has 0 aliphatic carbocycles. The molecule has 0 atom stereocenters. The Kier molecular flexibility index (Phi) is 5.29. The SMILES string of the molecule is Cn1cc(C(=O)[NH2+]c2ccc(F)cc2-c2ccc(Cl)c(F)c2)c(C(F)F)n1. The van der Waals surface area contributed by atoms with Crippen LogP contribution in [0.25, 0.3) is 11.1 Å². The Hall–Kier alpha value is -2.71. The highest BCUT2D eigenvalue weighted by Crippen LogP contribution is 2.29. The Morgan fingerprint density at radius 3 is 2.59 bits per heavy atom. The van der Waals surface area contributed by atoms with Gasteiger partial charge in [-0.05, 0) is 29.8 Å². The molecule has 1 amide bonds. The third-order valence-electron chi connectivity index (χ3n) is 3.86. The second-order valence-electron chi connectivity index (χ2n) is 5.77. The molecule has 0 bridgehead atoms. The standard InChI is InChI=1S/C18H12ClF4N3O/c1-26-8-12(16(25-26)17(22)23)18(27)24-15-5-3-10(20)7-11(15)9-2-4-13(19)14(21)6-9/h2-8,17H,1H3,(H,24,27)/p+1. The van der Waals surface area contributed by atoms with Crippen molar-refractivity contribution in [1.29, 1.82) is 0 Å². The molecular formula is C18H13ClF4N3O+. The van der Waals surface area contributed by atoms with Crippen molar-refractivity contribution in [3.8, 4) is 11.1 Å². The van der Waals surface area contributed by atoms with Crippen LogP contribution in [-0.2, 0) is 7.05 Å². The fourth-order valence-electron chi connectivity index (χ4n) is 2.64. The molecule has 140 valence electrons. The van der Waals surface area contributed by atoms with Gasteiger partial charge in [-0.25, -0.2) is 27.7 Å². The van der Waals surface area contributed by atoms with Crippen molar-refractivity contribution in [3.63, 3.8) is 0 Å². The van der Waals surface area contributed by atoms with E-state index in [1.165, 1.54) is 31.4 Å². The molecule has 3 rings (SSSR count). The number of benzene rings is 2. The third kappa shape index (κ3) is 4.01. The summed E-state index contributed by atoms with van der Waals surface area (Å²) < 4.78 is 54.7. The lowest BCUT2D eigenvalue weighted by Gasteiger charge is -2.08. The van der Waals surface area contributed by atoms with E-state index in [4.69, 9.17) is 11.6 Å². The molecule has 0 saturated carbocycles. The zero-order valence-electron chi connectivity index (χ0n) is 13.9. The third-order valence-corrected chi connectivity index (χ3v) is 4.17. The van der Waals surface area contributed by atoms with E-state index in [2.05, 4.69) is 5.10 Å². The molecule has 0 aliphatic rings. The van der Waals surface area contributed by atoms with Crippen molar-refractivity contribution in [1.82, 2.24) is 9.78 Å². The molecule has 4 nitrogen and oxygen atoms in total. The van der Waals surface area contributed by atoms with E-state index in [-0.39, 0.29) is 27.4 Å². The van der Waals surface area contributed by atoms with E-state index >= 15 is 0 Å². The normalized spacial score (nSPS) is 11.2. The van der Waals surface area contributed by atoms with Crippen LogP contribution in [0.2, 0.25) is 5.02 Å². The molecule has 0 spiro atoms. The van der Waals surface area contributed by atoms with Crippen LogP contribution >= 0.6 is 11.6 Å². The number of nitrogens with zero attached hydrogens (tertiary/aromatic N) is 2. The summed E-state index contributed by atoms with van der Waals surface area (Å²) in [5.41, 5.74) is -0.144. The van der Waals surface area contributed by atoms with Crippen LogP contribution in [0, 0.1) is 11.6 Å². The van der Waals surface area contributed by atoms with Crippen molar-refractivity contribution in [3.05, 3.63) is 70.5 Å². The molecule has 1 aromatic heterocycles. The van der Waals surface area contributed by atoms with Gasteiger partial charge in [0.15, 0.2) is 0 Å². The van der Waals surface area contributed by atoms with Crippen molar-refractivity contribution in [2.45, 2.75) is 6.43 Å². The average Bonchev–Trinajstić information content (AvgIpc) is 3.01. The predicted octanol–water partition coefficient (Wildman–Crippen LogP) is 3.99. The van der Waals surface area contributed by atoms with Crippen LogP contribution in [0.4, 0.5) is 23.2 Å². The van der Waals surface area contributed by atoms with E-state index in [9.17, 15) is 22.4 Å². The second kappa shape index (κ2) is 7.50. The fraction of sp³-hybridized carbons (Fsp3) is 0.111. The van der Waals surface area contributed by atoms with Crippen LogP contribution < -0.4 is 5.32 Å². The maximum Gasteiger partial charge on any atom is 0.351 e. The lowest BCUT2D eigenvalue weighted by molar-refractivity contribution is -0.463. The van der Waals surface area contributed by atoms with Gasteiger partial charge in [0.1, 0.15) is 28.6 Å². The van der Waals surface area contributed by atoms with Crippen molar-refractivity contribution in [2.75, 3.05) is 0 Å². The summed E-state index contributed by atoms with van der Waals surface area (Å²) in [6.07, 6.45) is -1.73. The van der Waals surface area contributed by atoms with E-state index in [1.807, 2.05) is 0 Å². The summed E-state index contributed by atoms with van der Waals surface area (Å²) in [6, 6.07) is 7.43. The minimum atomic E-state index is -2.92. The van der Waals surface area contributed by atoms with Gasteiger partial charge in [-0.3, -0.25) is 4.68 Å². The van der Waals surface area contributed by atoms with Gasteiger partial charge in [-0.2, -0.15) is 5.10 Å². The van der Waals surface area contributed by atoms with E-state index in [0.717, 1.165) is 28.2 Å². The summed E-state index contributed by atoms with van der Waals surface area (Å²) in [7, 11) is 1.42. The minimum Gasteiger partial charge on any atom is -0.274 e. The molecular weight excluding hydrogens is 386 g/mol. The number of nitrogens with two attached hydrogens (primary N) is 1. The second-order valence-corrected chi connectivity index (χ2v) is 6.18. The Morgan fingerprint density at radius 1 is 1.19 bits per heavy atom. The Morgan fingerprint density at radius 2 is 1.93 bits per heavy atom. The van der Waals surface area contributed by atoms with Crippen LogP contribution in [-0.4, -0.2) is 15.7 Å². The molecule has 0 radical (unpaired) electrons. The zero-order valence-corrected chi connectivity index (χ0v) is 14.6. The highest BCUT2D eigenvalue weighted by Gasteiger charge is 2.26. The number of quaternary nitrogens is 1. The first-order valence-electron chi connectivity index (χ1n) is 7.72. The van der Waals surface area contributed by atoms with Crippen molar-refractivity contribution < 1.29 is 27.7 Å². The molecule has 0 saturated heterocycles. The number of primary amides is 1. The first-order chi connectivity index (χ1) is 12.8. The highest BCUT2D eigenvalue weighted by atomic mass is 35.5. The van der Waals surface area contributed by atoms with Gasteiger partial charge in [-0.15, -0.1) is 0 Å². The number of carbonyl (C=O) groups excluding carboxylic acids is 1. The summed E-state index contributed by atoms with van der Waals surface area (Å²) in [5.74, 6) is -2.02. The van der Waals surface area contributed by atoms with Crippen LogP contribution in [0.3, 0.4) is 0 Å². The monoisotopic (exact) mass is 398 g/mol. The van der Waals surface area contributed by atoms with E-state index in [1.54, 1.807) is 0 Å². The number of halogens is 5. The van der Waals surface area contributed by atoms with Crippen molar-refractivity contribution in [2.24, 2.45) is 7.05 Å². The Balaban J connectivity index is 2.01. The molecule has 0 aliphatic heterocycles. The highest BCUT2D eigenvalue weighted by molar-refractivity contribution is 6.30. The van der Waals surface area contributed by atoms with Gasteiger partial charge in [0.2, 0.25) is 0 Å². The number of hydrogen-bond donors (Lipinski definition) is 1. The lowest BCUT2D eigenvalue weighted by Crippen LogP contribution is -2.82. The molecule has 0 unspecified atom stereocenters. The van der Waals surface area contributed by atoms with E-state index < -0.39 is 29.7 Å².